The Hall–Kier alpha value is -0.300. The van der Waals surface area contributed by atoms with E-state index in [1.165, 1.54) is 12.0 Å². The topological polar surface area (TPSA) is 9.23 Å². The third kappa shape index (κ3) is 2.57. The van der Waals surface area contributed by atoms with Gasteiger partial charge in [-0.25, -0.2) is 0 Å². The van der Waals surface area contributed by atoms with Gasteiger partial charge >= 0.3 is 0 Å². The first-order chi connectivity index (χ1) is 5.95. The van der Waals surface area contributed by atoms with E-state index < -0.39 is 0 Å². The largest absolute Gasteiger partial charge is 0.377 e. The molecule has 0 aromatic heterocycles. The lowest BCUT2D eigenvalue weighted by molar-refractivity contribution is 0.0579. The van der Waals surface area contributed by atoms with Crippen molar-refractivity contribution in [3.63, 3.8) is 0 Å². The summed E-state index contributed by atoms with van der Waals surface area (Å²) in [4.78, 5) is 0. The van der Waals surface area contributed by atoms with Gasteiger partial charge < -0.3 is 4.74 Å². The Kier molecular flexibility index (Phi) is 3.18. The van der Waals surface area contributed by atoms with Crippen LogP contribution in [0.1, 0.15) is 40.0 Å². The molecule has 0 N–H and O–H groups in total. The molecule has 0 saturated heterocycles. The lowest BCUT2D eigenvalue weighted by Crippen LogP contribution is -2.31. The zero-order valence-corrected chi connectivity index (χ0v) is 9.39. The van der Waals surface area contributed by atoms with Crippen LogP contribution in [0.2, 0.25) is 0 Å². The van der Waals surface area contributed by atoms with Crippen molar-refractivity contribution in [2.24, 2.45) is 11.3 Å². The van der Waals surface area contributed by atoms with Gasteiger partial charge in [0.05, 0.1) is 6.10 Å². The fourth-order valence-electron chi connectivity index (χ4n) is 2.11. The molecule has 2 atom stereocenters. The summed E-state index contributed by atoms with van der Waals surface area (Å²) in [6, 6.07) is 0. The normalized spacial score (nSPS) is 30.6. The summed E-state index contributed by atoms with van der Waals surface area (Å²) in [5.74, 6) is 0.781. The highest BCUT2D eigenvalue weighted by atomic mass is 16.5. The molecule has 1 fully saturated rings. The van der Waals surface area contributed by atoms with Crippen molar-refractivity contribution in [1.29, 1.82) is 0 Å². The molecule has 0 amide bonds. The number of methoxy groups -OCH3 is 1. The summed E-state index contributed by atoms with van der Waals surface area (Å²) in [6.07, 6.45) is 3.87. The lowest BCUT2D eigenvalue weighted by Gasteiger charge is -2.38. The van der Waals surface area contributed by atoms with Crippen molar-refractivity contribution in [1.82, 2.24) is 0 Å². The molecule has 1 heteroatoms. The highest BCUT2D eigenvalue weighted by Crippen LogP contribution is 2.39. The first kappa shape index (κ1) is 10.8. The van der Waals surface area contributed by atoms with Gasteiger partial charge in [0.2, 0.25) is 0 Å². The van der Waals surface area contributed by atoms with E-state index in [1.807, 2.05) is 0 Å². The molecule has 1 nitrogen and oxygen atoms in total. The second-order valence-electron chi connectivity index (χ2n) is 5.22. The Morgan fingerprint density at radius 3 is 2.46 bits per heavy atom. The van der Waals surface area contributed by atoms with E-state index in [-0.39, 0.29) is 0 Å². The summed E-state index contributed by atoms with van der Waals surface area (Å²) in [6.45, 7) is 11.0. The molecule has 1 rings (SSSR count). The number of hydrogen-bond acceptors (Lipinski definition) is 1. The maximum atomic E-state index is 5.43. The highest BCUT2D eigenvalue weighted by molar-refractivity contribution is 5.07. The van der Waals surface area contributed by atoms with Gasteiger partial charge in [0.1, 0.15) is 0 Å². The standard InChI is InChI=1S/C12H22O/c1-9-6-7-10(12(2,3)4)8-11(9)13-5/h10-11H,1,6-8H2,2-5H3/t10-,11+/m0/s1. The van der Waals surface area contributed by atoms with Crippen LogP contribution < -0.4 is 0 Å². The van der Waals surface area contributed by atoms with Gasteiger partial charge in [-0.2, -0.15) is 0 Å². The van der Waals surface area contributed by atoms with E-state index in [2.05, 4.69) is 27.4 Å². The van der Waals surface area contributed by atoms with Gasteiger partial charge in [-0.05, 0) is 36.2 Å². The molecule has 1 aliphatic rings. The van der Waals surface area contributed by atoms with Crippen molar-refractivity contribution in [3.05, 3.63) is 12.2 Å². The number of ether oxygens (including phenoxy) is 1. The summed E-state index contributed by atoms with van der Waals surface area (Å²) in [5.41, 5.74) is 1.69. The molecule has 1 aliphatic carbocycles. The smallest absolute Gasteiger partial charge is 0.0781 e. The quantitative estimate of drug-likeness (QED) is 0.565. The van der Waals surface area contributed by atoms with Crippen LogP contribution in [-0.2, 0) is 4.74 Å². The zero-order valence-electron chi connectivity index (χ0n) is 9.39. The van der Waals surface area contributed by atoms with Crippen LogP contribution in [0.15, 0.2) is 12.2 Å². The molecule has 13 heavy (non-hydrogen) atoms. The summed E-state index contributed by atoms with van der Waals surface area (Å²) >= 11 is 0. The van der Waals surface area contributed by atoms with E-state index in [4.69, 9.17) is 4.74 Å². The maximum Gasteiger partial charge on any atom is 0.0781 e. The average molecular weight is 182 g/mol. The van der Waals surface area contributed by atoms with E-state index in [9.17, 15) is 0 Å². The van der Waals surface area contributed by atoms with Gasteiger partial charge in [-0.3, -0.25) is 0 Å². The SMILES string of the molecule is C=C1CC[C@H](C(C)(C)C)C[C@H]1OC. The Morgan fingerprint density at radius 2 is 2.00 bits per heavy atom. The number of hydrogen-bond donors (Lipinski definition) is 0. The average Bonchev–Trinajstić information content (AvgIpc) is 2.03. The second kappa shape index (κ2) is 3.83. The molecule has 0 aromatic rings. The Bertz CT molecular complexity index is 188. The first-order valence-corrected chi connectivity index (χ1v) is 5.15. The second-order valence-corrected chi connectivity index (χ2v) is 5.22. The number of rotatable bonds is 1. The minimum absolute atomic E-state index is 0.304. The van der Waals surface area contributed by atoms with Crippen molar-refractivity contribution in [2.45, 2.75) is 46.1 Å². The molecule has 0 unspecified atom stereocenters. The molecule has 0 spiro atoms. The fraction of sp³-hybridized carbons (Fsp3) is 0.833. The molecule has 0 aromatic carbocycles. The molecule has 0 heterocycles. The Morgan fingerprint density at radius 1 is 1.38 bits per heavy atom. The van der Waals surface area contributed by atoms with Crippen LogP contribution in [0.4, 0.5) is 0 Å². The summed E-state index contributed by atoms with van der Waals surface area (Å²) in [7, 11) is 1.79. The van der Waals surface area contributed by atoms with Crippen molar-refractivity contribution in [3.8, 4) is 0 Å². The van der Waals surface area contributed by atoms with Gasteiger partial charge in [0.15, 0.2) is 0 Å². The van der Waals surface area contributed by atoms with Crippen molar-refractivity contribution < 1.29 is 4.74 Å². The monoisotopic (exact) mass is 182 g/mol. The van der Waals surface area contributed by atoms with Gasteiger partial charge in [-0.1, -0.05) is 27.4 Å². The summed E-state index contributed by atoms with van der Waals surface area (Å²) < 4.78 is 5.43. The molecule has 0 bridgehead atoms. The van der Waals surface area contributed by atoms with E-state index in [1.54, 1.807) is 7.11 Å². The summed E-state index contributed by atoms with van der Waals surface area (Å²) in [5, 5.41) is 0. The van der Waals surface area contributed by atoms with Crippen molar-refractivity contribution in [2.75, 3.05) is 7.11 Å². The third-order valence-corrected chi connectivity index (χ3v) is 3.28. The van der Waals surface area contributed by atoms with E-state index >= 15 is 0 Å². The highest BCUT2D eigenvalue weighted by Gasteiger charge is 2.32. The van der Waals surface area contributed by atoms with E-state index in [0.717, 1.165) is 18.8 Å². The lowest BCUT2D eigenvalue weighted by atomic mass is 9.70. The van der Waals surface area contributed by atoms with Crippen molar-refractivity contribution >= 4 is 0 Å². The van der Waals surface area contributed by atoms with Gasteiger partial charge in [-0.15, -0.1) is 0 Å². The van der Waals surface area contributed by atoms with Gasteiger partial charge in [0, 0.05) is 7.11 Å². The third-order valence-electron chi connectivity index (χ3n) is 3.28. The Balaban J connectivity index is 2.60. The molecule has 0 radical (unpaired) electrons. The predicted molar refractivity (Wildman–Crippen MR) is 56.7 cm³/mol. The first-order valence-electron chi connectivity index (χ1n) is 5.15. The van der Waals surface area contributed by atoms with E-state index in [0.29, 0.717) is 11.5 Å². The zero-order chi connectivity index (χ0) is 10.1. The minimum atomic E-state index is 0.304. The molecular formula is C12H22O. The predicted octanol–water partition coefficient (Wildman–Crippen LogP) is 3.40. The minimum Gasteiger partial charge on any atom is -0.377 e. The molecule has 0 aliphatic heterocycles. The van der Waals surface area contributed by atoms with Crippen LogP contribution in [0.5, 0.6) is 0 Å². The molecular weight excluding hydrogens is 160 g/mol. The van der Waals surface area contributed by atoms with Crippen LogP contribution in [0.3, 0.4) is 0 Å². The maximum absolute atomic E-state index is 5.43. The fourth-order valence-corrected chi connectivity index (χ4v) is 2.11. The van der Waals surface area contributed by atoms with Crippen LogP contribution in [-0.4, -0.2) is 13.2 Å². The molecule has 1 saturated carbocycles. The van der Waals surface area contributed by atoms with Crippen LogP contribution >= 0.6 is 0 Å². The van der Waals surface area contributed by atoms with Crippen LogP contribution in [0.25, 0.3) is 0 Å². The van der Waals surface area contributed by atoms with Crippen LogP contribution in [0, 0.1) is 11.3 Å². The molecule has 76 valence electrons. The van der Waals surface area contributed by atoms with Gasteiger partial charge in [0.25, 0.3) is 0 Å². The Labute approximate surface area is 82.2 Å².